The second-order valence-electron chi connectivity index (χ2n) is 8.61. The second kappa shape index (κ2) is 7.68. The van der Waals surface area contributed by atoms with Crippen LogP contribution in [0.25, 0.3) is 0 Å². The van der Waals surface area contributed by atoms with Crippen LogP contribution in [0.1, 0.15) is 45.2 Å². The summed E-state index contributed by atoms with van der Waals surface area (Å²) in [6.45, 7) is 6.77. The molecule has 1 N–H and O–H groups in total. The molecule has 30 heavy (non-hydrogen) atoms. The van der Waals surface area contributed by atoms with Gasteiger partial charge in [0.1, 0.15) is 39.2 Å². The lowest BCUT2D eigenvalue weighted by molar-refractivity contribution is 0.0148. The van der Waals surface area contributed by atoms with Crippen molar-refractivity contribution in [2.24, 2.45) is 0 Å². The molecule has 0 unspecified atom stereocenters. The minimum Gasteiger partial charge on any atom is -0.484 e. The highest BCUT2D eigenvalue weighted by molar-refractivity contribution is 9.10. The predicted octanol–water partition coefficient (Wildman–Crippen LogP) is 4.38. The number of piperidine rings is 1. The van der Waals surface area contributed by atoms with Gasteiger partial charge >= 0.3 is 6.09 Å². The molecule has 1 saturated heterocycles. The van der Waals surface area contributed by atoms with Gasteiger partial charge in [0, 0.05) is 37.6 Å². The van der Waals surface area contributed by atoms with Crippen LogP contribution in [0.2, 0.25) is 0 Å². The number of hydrogen-bond donors (Lipinski definition) is 1. The van der Waals surface area contributed by atoms with Crippen molar-refractivity contribution in [3.8, 4) is 5.75 Å². The Hall–Kier alpha value is -2.42. The maximum atomic E-state index is 13.8. The molecule has 1 aromatic heterocycles. The maximum Gasteiger partial charge on any atom is 0.408 e. The number of nitrogens with one attached hydrogen (secondary N) is 1. The minimum atomic E-state index is -0.674. The van der Waals surface area contributed by atoms with E-state index in [0.29, 0.717) is 36.3 Å². The van der Waals surface area contributed by atoms with Gasteiger partial charge in [0.05, 0.1) is 12.4 Å². The summed E-state index contributed by atoms with van der Waals surface area (Å²) >= 11 is 3.30. The van der Waals surface area contributed by atoms with Crippen molar-refractivity contribution in [3.05, 3.63) is 46.6 Å². The molecule has 0 saturated carbocycles. The van der Waals surface area contributed by atoms with Crippen LogP contribution in [-0.4, -0.2) is 40.4 Å². The first-order chi connectivity index (χ1) is 14.2. The topological polar surface area (TPSA) is 76.6 Å². The molecular weight excluding hydrogens is 455 g/mol. The standard InChI is InChI=1S/C21H24BrFN4O3/c1-20(2,3)30-19(28)26-18-14-5-4-13(23)10-15(14)29-21(18)6-8-27(9-7-21)17-12-24-16(22)11-25-17/h4-5,10-12,18H,6-9H2,1-3H3,(H,26,28)/t18-/m1/s1. The van der Waals surface area contributed by atoms with Gasteiger partial charge in [-0.3, -0.25) is 0 Å². The van der Waals surface area contributed by atoms with E-state index < -0.39 is 23.3 Å². The number of anilines is 1. The number of rotatable bonds is 2. The summed E-state index contributed by atoms with van der Waals surface area (Å²) < 4.78 is 26.2. The van der Waals surface area contributed by atoms with E-state index in [1.807, 2.05) is 20.8 Å². The molecule has 9 heteroatoms. The Morgan fingerprint density at radius 2 is 2.03 bits per heavy atom. The van der Waals surface area contributed by atoms with Crippen molar-refractivity contribution >= 4 is 27.8 Å². The quantitative estimate of drug-likeness (QED) is 0.690. The summed E-state index contributed by atoms with van der Waals surface area (Å²) in [6.07, 6.45) is 4.12. The van der Waals surface area contributed by atoms with Crippen molar-refractivity contribution < 1.29 is 18.7 Å². The summed E-state index contributed by atoms with van der Waals surface area (Å²) in [5, 5.41) is 2.97. The van der Waals surface area contributed by atoms with Crippen molar-refractivity contribution in [1.82, 2.24) is 15.3 Å². The molecule has 2 aliphatic heterocycles. The highest BCUT2D eigenvalue weighted by Crippen LogP contribution is 2.49. The summed E-state index contributed by atoms with van der Waals surface area (Å²) in [5.41, 5.74) is -0.530. The number of carbonyl (C=O) groups is 1. The first kappa shape index (κ1) is 20.8. The van der Waals surface area contributed by atoms with Crippen molar-refractivity contribution in [2.75, 3.05) is 18.0 Å². The smallest absolute Gasteiger partial charge is 0.408 e. The Morgan fingerprint density at radius 3 is 2.67 bits per heavy atom. The normalized spacial score (nSPS) is 19.9. The number of amides is 1. The molecule has 1 fully saturated rings. The largest absolute Gasteiger partial charge is 0.484 e. The van der Waals surface area contributed by atoms with E-state index >= 15 is 0 Å². The summed E-state index contributed by atoms with van der Waals surface area (Å²) in [7, 11) is 0. The average molecular weight is 479 g/mol. The van der Waals surface area contributed by atoms with Gasteiger partial charge in [0.15, 0.2) is 0 Å². The Kier molecular flexibility index (Phi) is 5.34. The van der Waals surface area contributed by atoms with Gasteiger partial charge in [0.25, 0.3) is 0 Å². The number of nitrogens with zero attached hydrogens (tertiary/aromatic N) is 3. The van der Waals surface area contributed by atoms with Crippen LogP contribution < -0.4 is 15.0 Å². The lowest BCUT2D eigenvalue weighted by Gasteiger charge is -2.42. The fraction of sp³-hybridized carbons (Fsp3) is 0.476. The van der Waals surface area contributed by atoms with E-state index in [0.717, 1.165) is 11.4 Å². The van der Waals surface area contributed by atoms with E-state index in [4.69, 9.17) is 9.47 Å². The molecule has 0 radical (unpaired) electrons. The van der Waals surface area contributed by atoms with Gasteiger partial charge in [-0.2, -0.15) is 0 Å². The molecule has 7 nitrogen and oxygen atoms in total. The van der Waals surface area contributed by atoms with Crippen molar-refractivity contribution in [3.63, 3.8) is 0 Å². The number of benzene rings is 1. The van der Waals surface area contributed by atoms with Gasteiger partial charge < -0.3 is 19.7 Å². The zero-order valence-electron chi connectivity index (χ0n) is 17.1. The van der Waals surface area contributed by atoms with Crippen LogP contribution in [0.15, 0.2) is 35.2 Å². The molecule has 1 aromatic carbocycles. The average Bonchev–Trinajstić information content (AvgIpc) is 2.94. The molecule has 1 atom stereocenters. The third-order valence-corrected chi connectivity index (χ3v) is 5.74. The van der Waals surface area contributed by atoms with Crippen LogP contribution in [0.3, 0.4) is 0 Å². The zero-order valence-corrected chi connectivity index (χ0v) is 18.7. The lowest BCUT2D eigenvalue weighted by atomic mass is 9.82. The molecule has 4 rings (SSSR count). The first-order valence-corrected chi connectivity index (χ1v) is 10.6. The predicted molar refractivity (Wildman–Crippen MR) is 113 cm³/mol. The molecule has 1 spiro atoms. The van der Waals surface area contributed by atoms with E-state index in [2.05, 4.69) is 36.1 Å². The fourth-order valence-electron chi connectivity index (χ4n) is 4.00. The third kappa shape index (κ3) is 4.21. The molecule has 2 aromatic rings. The number of ether oxygens (including phenoxy) is 2. The number of aromatic nitrogens is 2. The third-order valence-electron chi connectivity index (χ3n) is 5.33. The summed E-state index contributed by atoms with van der Waals surface area (Å²) in [6, 6.07) is 4.01. The fourth-order valence-corrected chi connectivity index (χ4v) is 4.21. The highest BCUT2D eigenvalue weighted by atomic mass is 79.9. The van der Waals surface area contributed by atoms with Crippen molar-refractivity contribution in [1.29, 1.82) is 0 Å². The van der Waals surface area contributed by atoms with E-state index in [-0.39, 0.29) is 5.82 Å². The van der Waals surface area contributed by atoms with Gasteiger partial charge in [0.2, 0.25) is 0 Å². The second-order valence-corrected chi connectivity index (χ2v) is 9.43. The van der Waals surface area contributed by atoms with Gasteiger partial charge in [-0.15, -0.1) is 0 Å². The van der Waals surface area contributed by atoms with Crippen LogP contribution >= 0.6 is 15.9 Å². The molecule has 2 aliphatic rings. The van der Waals surface area contributed by atoms with Crippen LogP contribution in [0.4, 0.5) is 15.0 Å². The van der Waals surface area contributed by atoms with E-state index in [1.165, 1.54) is 12.1 Å². The molecule has 160 valence electrons. The monoisotopic (exact) mass is 478 g/mol. The number of hydrogen-bond acceptors (Lipinski definition) is 6. The Morgan fingerprint density at radius 1 is 1.30 bits per heavy atom. The maximum absolute atomic E-state index is 13.8. The van der Waals surface area contributed by atoms with Crippen LogP contribution in [0, 0.1) is 5.82 Å². The van der Waals surface area contributed by atoms with Crippen LogP contribution in [0.5, 0.6) is 5.75 Å². The molecule has 0 aliphatic carbocycles. The van der Waals surface area contributed by atoms with Gasteiger partial charge in [-0.25, -0.2) is 19.2 Å². The van der Waals surface area contributed by atoms with E-state index in [9.17, 15) is 9.18 Å². The number of carbonyl (C=O) groups excluding carboxylic acids is 1. The van der Waals surface area contributed by atoms with E-state index in [1.54, 1.807) is 18.5 Å². The number of halogens is 2. The molecule has 1 amide bonds. The summed E-state index contributed by atoms with van der Waals surface area (Å²) in [5.74, 6) is 0.878. The number of fused-ring (bicyclic) bond motifs is 1. The highest BCUT2D eigenvalue weighted by Gasteiger charge is 2.51. The molecular formula is C21H24BrFN4O3. The van der Waals surface area contributed by atoms with Crippen molar-refractivity contribution in [2.45, 2.75) is 50.9 Å². The Bertz CT molecular complexity index is 940. The summed E-state index contributed by atoms with van der Waals surface area (Å²) in [4.78, 5) is 23.3. The lowest BCUT2D eigenvalue weighted by Crippen LogP contribution is -2.54. The molecule has 3 heterocycles. The SMILES string of the molecule is CC(C)(C)OC(=O)N[C@@H]1c2ccc(F)cc2OC12CCN(c1cnc(Br)cn1)CC2. The zero-order chi connectivity index (χ0) is 21.5. The van der Waals surface area contributed by atoms with Gasteiger partial charge in [-0.1, -0.05) is 6.07 Å². The number of alkyl carbamates (subject to hydrolysis) is 1. The Labute approximate surface area is 183 Å². The molecule has 0 bridgehead atoms. The minimum absolute atomic E-state index is 0.371. The Balaban J connectivity index is 1.56. The van der Waals surface area contributed by atoms with Gasteiger partial charge in [-0.05, 0) is 42.8 Å². The first-order valence-electron chi connectivity index (χ1n) is 9.86. The van der Waals surface area contributed by atoms with Crippen LogP contribution in [-0.2, 0) is 4.74 Å².